The molecule has 124 valence electrons. The van der Waals surface area contributed by atoms with Crippen molar-refractivity contribution in [3.63, 3.8) is 0 Å². The minimum absolute atomic E-state index is 0.0900. The van der Waals surface area contributed by atoms with Crippen molar-refractivity contribution in [2.45, 2.75) is 63.8 Å². The van der Waals surface area contributed by atoms with Crippen molar-refractivity contribution < 1.29 is 19.5 Å². The average molecular weight is 310 g/mol. The van der Waals surface area contributed by atoms with Gasteiger partial charge in [0.15, 0.2) is 0 Å². The summed E-state index contributed by atoms with van der Waals surface area (Å²) in [6.45, 7) is 0.376. The molecule has 2 rings (SSSR count). The van der Waals surface area contributed by atoms with Gasteiger partial charge in [-0.3, -0.25) is 9.59 Å². The Labute approximate surface area is 131 Å². The highest BCUT2D eigenvalue weighted by Gasteiger charge is 2.31. The first-order valence-corrected chi connectivity index (χ1v) is 8.37. The third-order valence-corrected chi connectivity index (χ3v) is 4.80. The summed E-state index contributed by atoms with van der Waals surface area (Å²) in [5.74, 6) is -0.703. The molecule has 0 unspecified atom stereocenters. The van der Waals surface area contributed by atoms with E-state index in [9.17, 15) is 14.4 Å². The molecule has 0 spiro atoms. The molecule has 22 heavy (non-hydrogen) atoms. The highest BCUT2D eigenvalue weighted by molar-refractivity contribution is 5.88. The van der Waals surface area contributed by atoms with E-state index in [1.165, 1.54) is 30.6 Å². The number of rotatable bonds is 6. The van der Waals surface area contributed by atoms with Gasteiger partial charge in [0.05, 0.1) is 6.54 Å². The van der Waals surface area contributed by atoms with Gasteiger partial charge in [0.2, 0.25) is 11.8 Å². The van der Waals surface area contributed by atoms with Crippen LogP contribution in [0.15, 0.2) is 0 Å². The summed E-state index contributed by atoms with van der Waals surface area (Å²) in [5.41, 5.74) is 0. The standard InChI is InChI=1S/C16H26N2O4/c19-14(9-8-12-5-1-2-6-12)17-11-15(20)18-10-4-3-7-13(18)16(21)22/h12-13H,1-11H2,(H,17,19)(H,21,22)/t13-/m1/s1. The lowest BCUT2D eigenvalue weighted by molar-refractivity contribution is -0.151. The summed E-state index contributed by atoms with van der Waals surface area (Å²) in [5, 5.41) is 11.8. The van der Waals surface area contributed by atoms with Gasteiger partial charge in [-0.2, -0.15) is 0 Å². The highest BCUT2D eigenvalue weighted by atomic mass is 16.4. The summed E-state index contributed by atoms with van der Waals surface area (Å²) in [7, 11) is 0. The Kier molecular flexibility index (Phi) is 6.21. The van der Waals surface area contributed by atoms with Crippen LogP contribution in [0.5, 0.6) is 0 Å². The monoisotopic (exact) mass is 310 g/mol. The topological polar surface area (TPSA) is 86.7 Å². The molecular weight excluding hydrogens is 284 g/mol. The van der Waals surface area contributed by atoms with Crippen LogP contribution >= 0.6 is 0 Å². The molecule has 1 aliphatic heterocycles. The van der Waals surface area contributed by atoms with Crippen molar-refractivity contribution in [1.29, 1.82) is 0 Å². The minimum atomic E-state index is -0.958. The fraction of sp³-hybridized carbons (Fsp3) is 0.812. The first-order chi connectivity index (χ1) is 10.6. The Morgan fingerprint density at radius 2 is 1.73 bits per heavy atom. The van der Waals surface area contributed by atoms with Gasteiger partial charge in [-0.15, -0.1) is 0 Å². The molecule has 2 amide bonds. The number of nitrogens with one attached hydrogen (secondary N) is 1. The number of carbonyl (C=O) groups is 3. The molecule has 0 aromatic rings. The zero-order valence-electron chi connectivity index (χ0n) is 13.1. The molecule has 1 saturated heterocycles. The number of aliphatic carboxylic acids is 1. The molecule has 0 radical (unpaired) electrons. The quantitative estimate of drug-likeness (QED) is 0.779. The largest absolute Gasteiger partial charge is 0.480 e. The van der Waals surface area contributed by atoms with E-state index >= 15 is 0 Å². The molecule has 1 heterocycles. The molecule has 1 atom stereocenters. The summed E-state index contributed by atoms with van der Waals surface area (Å²) in [6, 6.07) is -0.739. The molecule has 2 N–H and O–H groups in total. The van der Waals surface area contributed by atoms with Gasteiger partial charge in [0.1, 0.15) is 6.04 Å². The molecule has 6 heteroatoms. The van der Waals surface area contributed by atoms with Crippen molar-refractivity contribution in [2.24, 2.45) is 5.92 Å². The first kappa shape index (κ1) is 16.8. The van der Waals surface area contributed by atoms with Gasteiger partial charge in [-0.1, -0.05) is 25.7 Å². The van der Waals surface area contributed by atoms with E-state index in [0.717, 1.165) is 19.3 Å². The van der Waals surface area contributed by atoms with E-state index in [1.807, 2.05) is 0 Å². The predicted octanol–water partition coefficient (Wildman–Crippen LogP) is 1.54. The second kappa shape index (κ2) is 8.15. The maximum atomic E-state index is 12.1. The number of amides is 2. The molecule has 0 bridgehead atoms. The van der Waals surface area contributed by atoms with Gasteiger partial charge in [0, 0.05) is 13.0 Å². The zero-order chi connectivity index (χ0) is 15.9. The van der Waals surface area contributed by atoms with Crippen LogP contribution in [0.4, 0.5) is 0 Å². The summed E-state index contributed by atoms with van der Waals surface area (Å²) >= 11 is 0. The molecule has 0 aromatic heterocycles. The Morgan fingerprint density at radius 3 is 2.41 bits per heavy atom. The molecule has 0 aromatic carbocycles. The highest BCUT2D eigenvalue weighted by Crippen LogP contribution is 2.28. The molecule has 2 aliphatic rings. The van der Waals surface area contributed by atoms with E-state index in [4.69, 9.17) is 5.11 Å². The lowest BCUT2D eigenvalue weighted by Gasteiger charge is -2.33. The molecular formula is C16H26N2O4. The summed E-state index contributed by atoms with van der Waals surface area (Å²) in [6.07, 6.45) is 8.44. The van der Waals surface area contributed by atoms with Gasteiger partial charge in [0.25, 0.3) is 0 Å². The van der Waals surface area contributed by atoms with Gasteiger partial charge in [-0.25, -0.2) is 4.79 Å². The van der Waals surface area contributed by atoms with Crippen molar-refractivity contribution in [1.82, 2.24) is 10.2 Å². The second-order valence-electron chi connectivity index (χ2n) is 6.40. The third-order valence-electron chi connectivity index (χ3n) is 4.80. The van der Waals surface area contributed by atoms with Crippen LogP contribution in [-0.4, -0.2) is 46.9 Å². The Hall–Kier alpha value is -1.59. The lowest BCUT2D eigenvalue weighted by Crippen LogP contribution is -2.51. The maximum Gasteiger partial charge on any atom is 0.326 e. The second-order valence-corrected chi connectivity index (χ2v) is 6.40. The number of hydrogen-bond acceptors (Lipinski definition) is 3. The molecule has 2 fully saturated rings. The third kappa shape index (κ3) is 4.71. The number of likely N-dealkylation sites (tertiary alicyclic amines) is 1. The fourth-order valence-electron chi connectivity index (χ4n) is 3.49. The summed E-state index contributed by atoms with van der Waals surface area (Å²) in [4.78, 5) is 36.5. The Balaban J connectivity index is 1.71. The predicted molar refractivity (Wildman–Crippen MR) is 81.2 cm³/mol. The summed E-state index contributed by atoms with van der Waals surface area (Å²) < 4.78 is 0. The van der Waals surface area contributed by atoms with Gasteiger partial charge < -0.3 is 15.3 Å². The van der Waals surface area contributed by atoms with Crippen LogP contribution in [0.1, 0.15) is 57.8 Å². The van der Waals surface area contributed by atoms with Gasteiger partial charge in [-0.05, 0) is 31.6 Å². The van der Waals surface area contributed by atoms with Crippen LogP contribution in [0.25, 0.3) is 0 Å². The van der Waals surface area contributed by atoms with E-state index in [1.54, 1.807) is 0 Å². The van der Waals surface area contributed by atoms with Crippen LogP contribution in [0.2, 0.25) is 0 Å². The van der Waals surface area contributed by atoms with E-state index in [-0.39, 0.29) is 18.4 Å². The van der Waals surface area contributed by atoms with Crippen LogP contribution in [-0.2, 0) is 14.4 Å². The van der Waals surface area contributed by atoms with Crippen molar-refractivity contribution in [3.05, 3.63) is 0 Å². The van der Waals surface area contributed by atoms with E-state index in [0.29, 0.717) is 25.3 Å². The zero-order valence-corrected chi connectivity index (χ0v) is 13.1. The number of carboxylic acid groups (broad SMARTS) is 1. The van der Waals surface area contributed by atoms with Crippen molar-refractivity contribution in [3.8, 4) is 0 Å². The van der Waals surface area contributed by atoms with Crippen LogP contribution in [0, 0.1) is 5.92 Å². The number of nitrogens with zero attached hydrogens (tertiary/aromatic N) is 1. The van der Waals surface area contributed by atoms with Crippen LogP contribution < -0.4 is 5.32 Å². The van der Waals surface area contributed by atoms with E-state index < -0.39 is 12.0 Å². The Morgan fingerprint density at radius 1 is 1.05 bits per heavy atom. The first-order valence-electron chi connectivity index (χ1n) is 8.37. The van der Waals surface area contributed by atoms with Crippen LogP contribution in [0.3, 0.4) is 0 Å². The molecule has 1 saturated carbocycles. The number of hydrogen-bond donors (Lipinski definition) is 2. The van der Waals surface area contributed by atoms with Crippen molar-refractivity contribution >= 4 is 17.8 Å². The minimum Gasteiger partial charge on any atom is -0.480 e. The number of carboxylic acids is 1. The normalized spacial score (nSPS) is 22.5. The fourth-order valence-corrected chi connectivity index (χ4v) is 3.49. The van der Waals surface area contributed by atoms with Gasteiger partial charge >= 0.3 is 5.97 Å². The maximum absolute atomic E-state index is 12.1. The molecule has 1 aliphatic carbocycles. The molecule has 6 nitrogen and oxygen atoms in total. The van der Waals surface area contributed by atoms with E-state index in [2.05, 4.69) is 5.32 Å². The smallest absolute Gasteiger partial charge is 0.326 e. The Bertz CT molecular complexity index is 418. The average Bonchev–Trinajstić information content (AvgIpc) is 3.04. The number of carbonyl (C=O) groups excluding carboxylic acids is 2. The lowest BCUT2D eigenvalue weighted by atomic mass is 10.0. The van der Waals surface area contributed by atoms with Crippen molar-refractivity contribution in [2.75, 3.05) is 13.1 Å². The number of piperidine rings is 1. The SMILES string of the molecule is O=C(CCC1CCCC1)NCC(=O)N1CCCC[C@@H]1C(=O)O.